The Labute approximate surface area is 118 Å². The fourth-order valence-electron chi connectivity index (χ4n) is 2.01. The maximum atomic E-state index is 12.1. The molecule has 0 spiro atoms. The Balaban J connectivity index is 2.88. The highest BCUT2D eigenvalue weighted by Crippen LogP contribution is 2.23. The number of rotatable bonds is 6. The molecule has 0 aliphatic heterocycles. The predicted molar refractivity (Wildman–Crippen MR) is 77.2 cm³/mol. The largest absolute Gasteiger partial charge is 0.338 e. The zero-order valence-electron chi connectivity index (χ0n) is 12.1. The van der Waals surface area contributed by atoms with Gasteiger partial charge in [-0.3, -0.25) is 14.9 Å². The van der Waals surface area contributed by atoms with Crippen LogP contribution in [0.15, 0.2) is 24.3 Å². The quantitative estimate of drug-likeness (QED) is 0.638. The average Bonchev–Trinajstić information content (AvgIpc) is 2.45. The molecule has 20 heavy (non-hydrogen) atoms. The average molecular weight is 279 g/mol. The second-order valence-corrected chi connectivity index (χ2v) is 4.87. The molecule has 0 saturated heterocycles. The van der Waals surface area contributed by atoms with Crippen molar-refractivity contribution in [3.05, 3.63) is 39.9 Å². The number of non-ortho nitro benzene ring substituents is 1. The Morgan fingerprint density at radius 3 is 2.70 bits per heavy atom. The van der Waals surface area contributed by atoms with Crippen LogP contribution < -0.4 is 5.73 Å². The summed E-state index contributed by atoms with van der Waals surface area (Å²) in [5.74, 6) is -0.147. The van der Waals surface area contributed by atoms with Gasteiger partial charge in [-0.25, -0.2) is 0 Å². The van der Waals surface area contributed by atoms with Gasteiger partial charge >= 0.3 is 0 Å². The van der Waals surface area contributed by atoms with Crippen molar-refractivity contribution in [3.8, 4) is 0 Å². The second kappa shape index (κ2) is 7.00. The van der Waals surface area contributed by atoms with E-state index < -0.39 is 11.0 Å². The lowest BCUT2D eigenvalue weighted by Crippen LogP contribution is -2.42. The topological polar surface area (TPSA) is 89.5 Å². The van der Waals surface area contributed by atoms with Crippen molar-refractivity contribution >= 4 is 11.6 Å². The monoisotopic (exact) mass is 279 g/mol. The van der Waals surface area contributed by atoms with Crippen LogP contribution in [-0.4, -0.2) is 28.8 Å². The molecule has 6 heteroatoms. The Morgan fingerprint density at radius 1 is 1.50 bits per heavy atom. The summed E-state index contributed by atoms with van der Waals surface area (Å²) < 4.78 is 0. The summed E-state index contributed by atoms with van der Waals surface area (Å²) >= 11 is 0. The number of hydrogen-bond donors (Lipinski definition) is 1. The molecular formula is C14H21N3O3. The summed E-state index contributed by atoms with van der Waals surface area (Å²) in [7, 11) is 1.67. The number of carbonyl (C=O) groups excluding carboxylic acids is 1. The zero-order valence-corrected chi connectivity index (χ0v) is 12.1. The van der Waals surface area contributed by atoms with Gasteiger partial charge in [0, 0.05) is 19.2 Å². The molecule has 6 nitrogen and oxygen atoms in total. The fourth-order valence-corrected chi connectivity index (χ4v) is 2.01. The van der Waals surface area contributed by atoms with Gasteiger partial charge in [0.1, 0.15) is 0 Å². The molecule has 1 aromatic carbocycles. The molecule has 1 amide bonds. The van der Waals surface area contributed by atoms with Crippen molar-refractivity contribution in [1.82, 2.24) is 4.90 Å². The van der Waals surface area contributed by atoms with Gasteiger partial charge in [0.25, 0.3) is 5.69 Å². The van der Waals surface area contributed by atoms with Crippen molar-refractivity contribution in [1.29, 1.82) is 0 Å². The van der Waals surface area contributed by atoms with Gasteiger partial charge < -0.3 is 10.6 Å². The molecule has 2 atom stereocenters. The van der Waals surface area contributed by atoms with E-state index in [2.05, 4.69) is 0 Å². The third-order valence-corrected chi connectivity index (χ3v) is 3.41. The minimum Gasteiger partial charge on any atom is -0.338 e. The molecule has 1 aromatic rings. The van der Waals surface area contributed by atoms with E-state index in [1.165, 1.54) is 12.1 Å². The number of carbonyl (C=O) groups is 1. The lowest BCUT2D eigenvalue weighted by molar-refractivity contribution is -0.384. The molecule has 2 unspecified atom stereocenters. The zero-order chi connectivity index (χ0) is 15.3. The Morgan fingerprint density at radius 2 is 2.15 bits per heavy atom. The summed E-state index contributed by atoms with van der Waals surface area (Å²) in [5, 5.41) is 10.8. The highest BCUT2D eigenvalue weighted by atomic mass is 16.6. The van der Waals surface area contributed by atoms with Gasteiger partial charge in [-0.15, -0.1) is 0 Å². The van der Waals surface area contributed by atoms with Gasteiger partial charge in [-0.2, -0.15) is 0 Å². The van der Waals surface area contributed by atoms with Crippen molar-refractivity contribution in [3.63, 3.8) is 0 Å². The van der Waals surface area contributed by atoms with Crippen molar-refractivity contribution in [2.75, 3.05) is 7.05 Å². The van der Waals surface area contributed by atoms with Gasteiger partial charge in [0.2, 0.25) is 5.91 Å². The van der Waals surface area contributed by atoms with E-state index in [1.807, 2.05) is 13.8 Å². The first-order valence-corrected chi connectivity index (χ1v) is 6.65. The van der Waals surface area contributed by atoms with Gasteiger partial charge in [0.05, 0.1) is 17.0 Å². The summed E-state index contributed by atoms with van der Waals surface area (Å²) in [4.78, 5) is 24.0. The molecule has 2 N–H and O–H groups in total. The van der Waals surface area contributed by atoms with Crippen LogP contribution in [0.1, 0.15) is 38.3 Å². The number of nitrogens with two attached hydrogens (primary N) is 1. The molecule has 1 rings (SSSR count). The lowest BCUT2D eigenvalue weighted by Gasteiger charge is -2.27. The van der Waals surface area contributed by atoms with Crippen LogP contribution in [0.25, 0.3) is 0 Å². The van der Waals surface area contributed by atoms with E-state index in [1.54, 1.807) is 24.1 Å². The highest BCUT2D eigenvalue weighted by molar-refractivity contribution is 5.81. The summed E-state index contributed by atoms with van der Waals surface area (Å²) in [6.45, 7) is 3.80. The molecule has 0 aromatic heterocycles. The minimum absolute atomic E-state index is 0.0213. The Bertz CT molecular complexity index is 490. The smallest absolute Gasteiger partial charge is 0.269 e. The third-order valence-electron chi connectivity index (χ3n) is 3.41. The second-order valence-electron chi connectivity index (χ2n) is 4.87. The fraction of sp³-hybridized carbons (Fsp3) is 0.500. The molecule has 0 aliphatic carbocycles. The van der Waals surface area contributed by atoms with Crippen LogP contribution in [0.3, 0.4) is 0 Å². The maximum absolute atomic E-state index is 12.1. The van der Waals surface area contributed by atoms with Crippen LogP contribution in [-0.2, 0) is 4.79 Å². The van der Waals surface area contributed by atoms with Crippen LogP contribution in [0.5, 0.6) is 0 Å². The molecule has 0 heterocycles. The molecule has 0 saturated carbocycles. The number of benzene rings is 1. The molecular weight excluding hydrogens is 258 g/mol. The minimum atomic E-state index is -0.522. The van der Waals surface area contributed by atoms with Gasteiger partial charge in [-0.05, 0) is 18.9 Å². The first-order chi connectivity index (χ1) is 9.38. The molecule has 110 valence electrons. The van der Waals surface area contributed by atoms with E-state index >= 15 is 0 Å². The van der Waals surface area contributed by atoms with E-state index in [0.29, 0.717) is 6.42 Å². The van der Waals surface area contributed by atoms with Crippen LogP contribution in [0.2, 0.25) is 0 Å². The predicted octanol–water partition coefficient (Wildman–Crippen LogP) is 2.24. The van der Waals surface area contributed by atoms with E-state index in [4.69, 9.17) is 5.73 Å². The van der Waals surface area contributed by atoms with Crippen LogP contribution >= 0.6 is 0 Å². The van der Waals surface area contributed by atoms with Crippen LogP contribution in [0, 0.1) is 10.1 Å². The number of nitro benzene ring substituents is 1. The molecule has 0 aliphatic rings. The molecule has 0 radical (unpaired) electrons. The maximum Gasteiger partial charge on any atom is 0.269 e. The van der Waals surface area contributed by atoms with Gasteiger partial charge in [-0.1, -0.05) is 25.5 Å². The molecule has 0 fully saturated rings. The first kappa shape index (κ1) is 16.1. The normalized spacial score (nSPS) is 13.6. The van der Waals surface area contributed by atoms with Crippen molar-refractivity contribution < 1.29 is 9.72 Å². The number of likely N-dealkylation sites (N-methyl/N-ethyl adjacent to an activating group) is 1. The standard InChI is InChI=1S/C14H21N3O3/c1-4-6-13(15)14(18)16(3)10(2)11-7-5-8-12(9-11)17(19)20/h5,7-10,13H,4,6,15H2,1-3H3. The number of nitro groups is 1. The highest BCUT2D eigenvalue weighted by Gasteiger charge is 2.23. The SMILES string of the molecule is CCCC(N)C(=O)N(C)C(C)c1cccc([N+](=O)[O-])c1. The van der Waals surface area contributed by atoms with E-state index in [0.717, 1.165) is 12.0 Å². The first-order valence-electron chi connectivity index (χ1n) is 6.65. The van der Waals surface area contributed by atoms with Crippen LogP contribution in [0.4, 0.5) is 5.69 Å². The number of hydrogen-bond acceptors (Lipinski definition) is 4. The van der Waals surface area contributed by atoms with E-state index in [9.17, 15) is 14.9 Å². The Hall–Kier alpha value is -1.95. The van der Waals surface area contributed by atoms with Crippen molar-refractivity contribution in [2.24, 2.45) is 5.73 Å². The van der Waals surface area contributed by atoms with Crippen molar-refractivity contribution in [2.45, 2.75) is 38.8 Å². The van der Waals surface area contributed by atoms with Gasteiger partial charge in [0.15, 0.2) is 0 Å². The number of amides is 1. The summed E-state index contributed by atoms with van der Waals surface area (Å²) in [5.41, 5.74) is 6.57. The van der Waals surface area contributed by atoms with E-state index in [-0.39, 0.29) is 17.6 Å². The lowest BCUT2D eigenvalue weighted by atomic mass is 10.0. The molecule has 0 bridgehead atoms. The Kier molecular flexibility index (Phi) is 5.64. The number of nitrogens with zero attached hydrogens (tertiary/aromatic N) is 2. The summed E-state index contributed by atoms with van der Waals surface area (Å²) in [6, 6.07) is 5.53. The summed E-state index contributed by atoms with van der Waals surface area (Å²) in [6.07, 6.45) is 1.47. The third kappa shape index (κ3) is 3.77.